The van der Waals surface area contributed by atoms with Crippen molar-refractivity contribution in [1.82, 2.24) is 35.9 Å². The number of aromatic nitrogens is 6. The van der Waals surface area contributed by atoms with Crippen LogP contribution in [0.3, 0.4) is 0 Å². The second-order valence-electron chi connectivity index (χ2n) is 7.43. The molecule has 1 amide bonds. The molecule has 0 spiro atoms. The minimum Gasteiger partial charge on any atom is -0.480 e. The second-order valence-corrected chi connectivity index (χ2v) is 8.60. The van der Waals surface area contributed by atoms with Gasteiger partial charge in [-0.05, 0) is 37.3 Å². The molecular weight excluding hydrogens is 438 g/mol. The first-order valence-corrected chi connectivity index (χ1v) is 10.7. The summed E-state index contributed by atoms with van der Waals surface area (Å²) in [5, 5.41) is 28.1. The van der Waals surface area contributed by atoms with Crippen molar-refractivity contribution in [2.75, 3.05) is 17.6 Å². The Hall–Kier alpha value is -3.81. The number of nitrogen functional groups attached to an aromatic ring is 1. The number of hydrogen-bond acceptors (Lipinski definition) is 10. The van der Waals surface area contributed by atoms with Crippen molar-refractivity contribution in [1.29, 1.82) is 0 Å². The molecule has 13 nitrogen and oxygen atoms in total. The van der Waals surface area contributed by atoms with Crippen molar-refractivity contribution in [3.8, 4) is 0 Å². The molecule has 0 fully saturated rings. The van der Waals surface area contributed by atoms with E-state index in [1.54, 1.807) is 6.07 Å². The van der Waals surface area contributed by atoms with Gasteiger partial charge in [0.1, 0.15) is 11.9 Å². The van der Waals surface area contributed by atoms with Crippen LogP contribution < -0.4 is 21.9 Å². The molecule has 0 bridgehead atoms. The zero-order valence-electron chi connectivity index (χ0n) is 16.8. The molecule has 3 aromatic heterocycles. The lowest BCUT2D eigenvalue weighted by Gasteiger charge is -2.24. The summed E-state index contributed by atoms with van der Waals surface area (Å²) in [6.07, 6.45) is 2.06. The highest BCUT2D eigenvalue weighted by Crippen LogP contribution is 2.25. The third kappa shape index (κ3) is 4.91. The van der Waals surface area contributed by atoms with Crippen molar-refractivity contribution in [2.45, 2.75) is 31.7 Å². The fraction of sp³-hybridized carbons (Fsp3) is 0.389. The van der Waals surface area contributed by atoms with Gasteiger partial charge >= 0.3 is 5.97 Å². The summed E-state index contributed by atoms with van der Waals surface area (Å²) in [4.78, 5) is 44.1. The fourth-order valence-corrected chi connectivity index (χ4v) is 4.44. The monoisotopic (exact) mass is 459 g/mol. The molecule has 168 valence electrons. The summed E-state index contributed by atoms with van der Waals surface area (Å²) in [6.45, 7) is 0.679. The van der Waals surface area contributed by atoms with Crippen LogP contribution in [0.4, 0.5) is 11.8 Å². The Balaban J connectivity index is 1.33. The van der Waals surface area contributed by atoms with Gasteiger partial charge in [0.05, 0.1) is 10.4 Å². The van der Waals surface area contributed by atoms with Gasteiger partial charge in [-0.25, -0.2) is 4.79 Å². The molecule has 14 heteroatoms. The Morgan fingerprint density at radius 2 is 2.22 bits per heavy atom. The molecule has 4 rings (SSSR count). The quantitative estimate of drug-likeness (QED) is 0.256. The first-order chi connectivity index (χ1) is 15.4. The summed E-state index contributed by atoms with van der Waals surface area (Å²) in [5.41, 5.74) is 5.95. The van der Waals surface area contributed by atoms with E-state index >= 15 is 0 Å². The van der Waals surface area contributed by atoms with Crippen molar-refractivity contribution < 1.29 is 14.7 Å². The summed E-state index contributed by atoms with van der Waals surface area (Å²) in [5.74, 6) is -0.599. The van der Waals surface area contributed by atoms with Gasteiger partial charge in [0.2, 0.25) is 5.95 Å². The molecule has 7 N–H and O–H groups in total. The number of carboxylic acid groups (broad SMARTS) is 1. The molecule has 1 aliphatic rings. The van der Waals surface area contributed by atoms with Gasteiger partial charge in [0.15, 0.2) is 5.82 Å². The van der Waals surface area contributed by atoms with Crippen LogP contribution in [-0.2, 0) is 24.1 Å². The predicted molar refractivity (Wildman–Crippen MR) is 114 cm³/mol. The maximum absolute atomic E-state index is 12.5. The van der Waals surface area contributed by atoms with E-state index in [0.29, 0.717) is 29.2 Å². The van der Waals surface area contributed by atoms with Crippen LogP contribution in [0, 0.1) is 5.92 Å². The molecule has 1 aliphatic heterocycles. The number of nitrogens with one attached hydrogen (secondary N) is 4. The molecule has 0 aliphatic carbocycles. The fourth-order valence-electron chi connectivity index (χ4n) is 3.52. The average molecular weight is 459 g/mol. The van der Waals surface area contributed by atoms with E-state index in [0.717, 1.165) is 17.7 Å². The number of H-pyrrole nitrogens is 2. The number of tetrazole rings is 1. The number of carbonyl (C=O) groups excluding carboxylic acids is 1. The van der Waals surface area contributed by atoms with Gasteiger partial charge in [-0.1, -0.05) is 5.21 Å². The van der Waals surface area contributed by atoms with Crippen LogP contribution in [0.5, 0.6) is 0 Å². The maximum Gasteiger partial charge on any atom is 0.326 e. The predicted octanol–water partition coefficient (Wildman–Crippen LogP) is -0.431. The first-order valence-electron chi connectivity index (χ1n) is 9.86. The third-order valence-corrected chi connectivity index (χ3v) is 6.29. The number of aliphatic carboxylic acids is 1. The molecule has 0 radical (unpaired) electrons. The first kappa shape index (κ1) is 21.4. The number of thiophene rings is 1. The molecular formula is C18H21N9O4S. The molecule has 32 heavy (non-hydrogen) atoms. The molecule has 0 aromatic carbocycles. The number of rotatable bonds is 8. The highest BCUT2D eigenvalue weighted by molar-refractivity contribution is 7.14. The number of aromatic amines is 2. The van der Waals surface area contributed by atoms with Gasteiger partial charge in [-0.2, -0.15) is 10.2 Å². The van der Waals surface area contributed by atoms with Crippen LogP contribution in [-0.4, -0.2) is 60.2 Å². The van der Waals surface area contributed by atoms with Crippen molar-refractivity contribution in [3.05, 3.63) is 43.6 Å². The van der Waals surface area contributed by atoms with Crippen molar-refractivity contribution in [2.24, 2.45) is 5.92 Å². The Morgan fingerprint density at radius 1 is 1.38 bits per heavy atom. The third-order valence-electron chi connectivity index (χ3n) is 5.15. The maximum atomic E-state index is 12.5. The van der Waals surface area contributed by atoms with E-state index in [9.17, 15) is 19.5 Å². The Bertz CT molecular complexity index is 1170. The molecule has 2 unspecified atom stereocenters. The highest BCUT2D eigenvalue weighted by Gasteiger charge is 2.25. The Labute approximate surface area is 184 Å². The minimum absolute atomic E-state index is 0.0778. The van der Waals surface area contributed by atoms with Gasteiger partial charge < -0.3 is 21.5 Å². The van der Waals surface area contributed by atoms with Crippen molar-refractivity contribution in [3.63, 3.8) is 0 Å². The SMILES string of the molecule is Nc1nc2c(c(=O)[nH]1)CC(CCc1ccc(C(=O)NC(Cc3nn[nH]n3)C(=O)O)s1)CN2. The number of anilines is 2. The zero-order chi connectivity index (χ0) is 22.7. The summed E-state index contributed by atoms with van der Waals surface area (Å²) in [6, 6.07) is 2.36. The molecule has 0 saturated carbocycles. The van der Waals surface area contributed by atoms with Gasteiger partial charge in [0, 0.05) is 17.8 Å². The number of aryl methyl sites for hydroxylation is 1. The van der Waals surface area contributed by atoms with Crippen molar-refractivity contribution >= 4 is 35.0 Å². The van der Waals surface area contributed by atoms with Gasteiger partial charge in [-0.3, -0.25) is 14.6 Å². The standard InChI is InChI=1S/C18H21N9O4S/c19-18-22-14-10(15(28)23-18)5-8(7-20-14)1-2-9-3-4-12(32-9)16(29)21-11(17(30)31)6-13-24-26-27-25-13/h3-4,8,11H,1-2,5-7H2,(H,21,29)(H,30,31)(H,24,25,26,27)(H4,19,20,22,23,28). The lowest BCUT2D eigenvalue weighted by atomic mass is 9.92. The zero-order valence-corrected chi connectivity index (χ0v) is 17.6. The normalized spacial score (nSPS) is 16.1. The minimum atomic E-state index is -1.18. The smallest absolute Gasteiger partial charge is 0.326 e. The Morgan fingerprint density at radius 3 is 2.97 bits per heavy atom. The van der Waals surface area contributed by atoms with E-state index in [2.05, 4.69) is 41.2 Å². The summed E-state index contributed by atoms with van der Waals surface area (Å²) in [7, 11) is 0. The van der Waals surface area contributed by atoms with E-state index in [4.69, 9.17) is 5.73 Å². The molecule has 4 heterocycles. The van der Waals surface area contributed by atoms with E-state index < -0.39 is 17.9 Å². The van der Waals surface area contributed by atoms with Crippen LogP contribution in [0.25, 0.3) is 0 Å². The van der Waals surface area contributed by atoms with Crippen LogP contribution >= 0.6 is 11.3 Å². The number of hydrogen-bond donors (Lipinski definition) is 6. The van der Waals surface area contributed by atoms with E-state index in [1.165, 1.54) is 11.3 Å². The van der Waals surface area contributed by atoms with Crippen LogP contribution in [0.15, 0.2) is 16.9 Å². The topological polar surface area (TPSA) is 205 Å². The molecule has 0 saturated heterocycles. The number of carbonyl (C=O) groups is 2. The number of carboxylic acids is 1. The highest BCUT2D eigenvalue weighted by atomic mass is 32.1. The number of fused-ring (bicyclic) bond motifs is 1. The summed E-state index contributed by atoms with van der Waals surface area (Å²) >= 11 is 1.31. The molecule has 3 aromatic rings. The number of amides is 1. The average Bonchev–Trinajstić information content (AvgIpc) is 3.44. The van der Waals surface area contributed by atoms with Crippen LogP contribution in [0.1, 0.15) is 32.4 Å². The number of nitrogens with two attached hydrogens (primary N) is 1. The second kappa shape index (κ2) is 9.13. The van der Waals surface area contributed by atoms with E-state index in [-0.39, 0.29) is 29.7 Å². The van der Waals surface area contributed by atoms with Gasteiger partial charge in [-0.15, -0.1) is 21.5 Å². The lowest BCUT2D eigenvalue weighted by molar-refractivity contribution is -0.139. The summed E-state index contributed by atoms with van der Waals surface area (Å²) < 4.78 is 0. The lowest BCUT2D eigenvalue weighted by Crippen LogP contribution is -2.42. The largest absolute Gasteiger partial charge is 0.480 e. The van der Waals surface area contributed by atoms with E-state index in [1.807, 2.05) is 6.07 Å². The Kier molecular flexibility index (Phi) is 6.11. The molecule has 2 atom stereocenters. The van der Waals surface area contributed by atoms with Crippen LogP contribution in [0.2, 0.25) is 0 Å². The van der Waals surface area contributed by atoms with Gasteiger partial charge in [0.25, 0.3) is 11.5 Å². The number of nitrogens with zero attached hydrogens (tertiary/aromatic N) is 4.